The van der Waals surface area contributed by atoms with Gasteiger partial charge in [-0.2, -0.15) is 5.10 Å². The number of nitrogens with two attached hydrogens (primary N) is 1. The monoisotopic (exact) mass is 282 g/mol. The maximum atomic E-state index is 10.6. The molecule has 102 valence electrons. The predicted octanol–water partition coefficient (Wildman–Crippen LogP) is 0.0132. The van der Waals surface area contributed by atoms with Gasteiger partial charge in [-0.05, 0) is 6.07 Å². The number of aryl methyl sites for hydroxylation is 2. The summed E-state index contributed by atoms with van der Waals surface area (Å²) in [6, 6.07) is 1.92. The normalized spacial score (nSPS) is 10.8. The van der Waals surface area contributed by atoms with Crippen LogP contribution in [0.1, 0.15) is 5.69 Å². The Morgan fingerprint density at radius 3 is 2.95 bits per heavy atom. The zero-order valence-corrected chi connectivity index (χ0v) is 11.2. The molecular formula is C10H14N6O2S. The lowest BCUT2D eigenvalue weighted by Crippen LogP contribution is -2.10. The first kappa shape index (κ1) is 13.4. The third-order valence-corrected chi connectivity index (χ3v) is 3.54. The summed E-state index contributed by atoms with van der Waals surface area (Å²) in [4.78, 5) is 10.6. The molecule has 2 aromatic rings. The average Bonchev–Trinajstić information content (AvgIpc) is 2.91. The van der Waals surface area contributed by atoms with Gasteiger partial charge in [0, 0.05) is 31.9 Å². The lowest BCUT2D eigenvalue weighted by Gasteiger charge is -2.07. The first-order valence-corrected chi connectivity index (χ1v) is 6.56. The third-order valence-electron chi connectivity index (χ3n) is 2.58. The van der Waals surface area contributed by atoms with Gasteiger partial charge in [-0.15, -0.1) is 10.2 Å². The van der Waals surface area contributed by atoms with E-state index in [0.717, 1.165) is 23.9 Å². The Bertz CT molecular complexity index is 578. The van der Waals surface area contributed by atoms with Gasteiger partial charge in [0.2, 0.25) is 5.95 Å². The maximum Gasteiger partial charge on any atom is 0.313 e. The van der Waals surface area contributed by atoms with Crippen molar-refractivity contribution >= 4 is 23.7 Å². The van der Waals surface area contributed by atoms with Crippen molar-refractivity contribution in [2.24, 2.45) is 7.05 Å². The number of hydrogen-bond donors (Lipinski definition) is 2. The molecule has 2 aromatic heterocycles. The minimum Gasteiger partial charge on any atom is -0.481 e. The molecule has 0 aliphatic rings. The number of hydrogen-bond acceptors (Lipinski definition) is 6. The molecule has 0 bridgehead atoms. The van der Waals surface area contributed by atoms with Crippen LogP contribution in [0.5, 0.6) is 0 Å². The highest BCUT2D eigenvalue weighted by Gasteiger charge is 2.12. The number of thioether (sulfide) groups is 1. The Hall–Kier alpha value is -2.03. The molecular weight excluding hydrogens is 268 g/mol. The zero-order valence-electron chi connectivity index (χ0n) is 10.4. The molecule has 0 atom stereocenters. The minimum atomic E-state index is -0.898. The fourth-order valence-electron chi connectivity index (χ4n) is 1.62. The molecule has 0 aliphatic carbocycles. The van der Waals surface area contributed by atoms with Gasteiger partial charge >= 0.3 is 5.97 Å². The number of nitrogens with zero attached hydrogens (tertiary/aromatic N) is 5. The van der Waals surface area contributed by atoms with E-state index in [1.165, 1.54) is 0 Å². The highest BCUT2D eigenvalue weighted by atomic mass is 32.2. The van der Waals surface area contributed by atoms with E-state index >= 15 is 0 Å². The summed E-state index contributed by atoms with van der Waals surface area (Å²) in [7, 11) is 1.87. The van der Waals surface area contributed by atoms with Crippen molar-refractivity contribution in [2.75, 3.05) is 11.5 Å². The number of carboxylic acids is 1. The van der Waals surface area contributed by atoms with Crippen molar-refractivity contribution in [3.05, 3.63) is 18.0 Å². The van der Waals surface area contributed by atoms with Crippen LogP contribution in [-0.2, 0) is 24.8 Å². The molecule has 0 unspecified atom stereocenters. The number of carboxylic acid groups (broad SMARTS) is 1. The molecule has 0 amide bonds. The van der Waals surface area contributed by atoms with E-state index in [1.54, 1.807) is 15.4 Å². The first-order chi connectivity index (χ1) is 9.08. The van der Waals surface area contributed by atoms with Crippen LogP contribution in [0.15, 0.2) is 17.4 Å². The SMILES string of the molecule is Cn1nccc1CCn1c(N)nnc1SCC(=O)O. The fourth-order valence-corrected chi connectivity index (χ4v) is 2.31. The van der Waals surface area contributed by atoms with E-state index in [9.17, 15) is 4.79 Å². The van der Waals surface area contributed by atoms with Gasteiger partial charge < -0.3 is 10.8 Å². The number of aromatic nitrogens is 5. The molecule has 8 nitrogen and oxygen atoms in total. The number of carbonyl (C=O) groups is 1. The average molecular weight is 282 g/mol. The summed E-state index contributed by atoms with van der Waals surface area (Å²) in [5.41, 5.74) is 6.79. The quantitative estimate of drug-likeness (QED) is 0.718. The van der Waals surface area contributed by atoms with Crippen molar-refractivity contribution in [3.63, 3.8) is 0 Å². The van der Waals surface area contributed by atoms with E-state index in [1.807, 2.05) is 13.1 Å². The molecule has 2 rings (SSSR count). The van der Waals surface area contributed by atoms with Crippen molar-refractivity contribution in [2.45, 2.75) is 18.1 Å². The van der Waals surface area contributed by atoms with Gasteiger partial charge in [-0.3, -0.25) is 14.0 Å². The standard InChI is InChI=1S/C10H14N6O2S/c1-15-7(2-4-12-15)3-5-16-9(11)13-14-10(16)19-6-8(17)18/h2,4H,3,5-6H2,1H3,(H2,11,13)(H,17,18). The van der Waals surface area contributed by atoms with E-state index in [0.29, 0.717) is 11.7 Å². The molecule has 0 aliphatic heterocycles. The largest absolute Gasteiger partial charge is 0.481 e. The van der Waals surface area contributed by atoms with Crippen LogP contribution >= 0.6 is 11.8 Å². The van der Waals surface area contributed by atoms with Crippen LogP contribution in [0.25, 0.3) is 0 Å². The van der Waals surface area contributed by atoms with Crippen molar-refractivity contribution in [1.29, 1.82) is 0 Å². The Morgan fingerprint density at radius 1 is 1.53 bits per heavy atom. The van der Waals surface area contributed by atoms with Crippen LogP contribution in [0, 0.1) is 0 Å². The van der Waals surface area contributed by atoms with E-state index in [2.05, 4.69) is 15.3 Å². The van der Waals surface area contributed by atoms with Gasteiger partial charge in [0.15, 0.2) is 5.16 Å². The lowest BCUT2D eigenvalue weighted by molar-refractivity contribution is -0.133. The Labute approximate surface area is 113 Å². The van der Waals surface area contributed by atoms with Crippen LogP contribution in [0.3, 0.4) is 0 Å². The minimum absolute atomic E-state index is 0.0656. The van der Waals surface area contributed by atoms with Crippen LogP contribution < -0.4 is 5.73 Å². The highest BCUT2D eigenvalue weighted by Crippen LogP contribution is 2.18. The van der Waals surface area contributed by atoms with Gasteiger partial charge in [0.05, 0.1) is 5.75 Å². The summed E-state index contributed by atoms with van der Waals surface area (Å²) >= 11 is 1.10. The summed E-state index contributed by atoms with van der Waals surface area (Å²) in [6.45, 7) is 0.584. The van der Waals surface area contributed by atoms with E-state index in [-0.39, 0.29) is 11.7 Å². The predicted molar refractivity (Wildman–Crippen MR) is 69.7 cm³/mol. The number of nitrogen functional groups attached to an aromatic ring is 1. The van der Waals surface area contributed by atoms with E-state index < -0.39 is 5.97 Å². The number of rotatable bonds is 6. The zero-order chi connectivity index (χ0) is 13.8. The van der Waals surface area contributed by atoms with E-state index in [4.69, 9.17) is 10.8 Å². The molecule has 2 heterocycles. The first-order valence-electron chi connectivity index (χ1n) is 5.58. The van der Waals surface area contributed by atoms with Gasteiger partial charge in [-0.1, -0.05) is 11.8 Å². The lowest BCUT2D eigenvalue weighted by atomic mass is 10.3. The van der Waals surface area contributed by atoms with Crippen molar-refractivity contribution in [3.8, 4) is 0 Å². The Kier molecular flexibility index (Phi) is 4.05. The molecule has 3 N–H and O–H groups in total. The Balaban J connectivity index is 2.05. The number of anilines is 1. The van der Waals surface area contributed by atoms with Crippen LogP contribution in [0.4, 0.5) is 5.95 Å². The molecule has 0 radical (unpaired) electrons. The van der Waals surface area contributed by atoms with Crippen LogP contribution in [-0.4, -0.2) is 41.4 Å². The maximum absolute atomic E-state index is 10.6. The van der Waals surface area contributed by atoms with Crippen molar-refractivity contribution in [1.82, 2.24) is 24.5 Å². The summed E-state index contributed by atoms with van der Waals surface area (Å²) in [5.74, 6) is -0.677. The molecule has 0 aromatic carbocycles. The van der Waals surface area contributed by atoms with Crippen molar-refractivity contribution < 1.29 is 9.90 Å². The second kappa shape index (κ2) is 5.74. The van der Waals surface area contributed by atoms with Crippen LogP contribution in [0.2, 0.25) is 0 Å². The molecule has 0 spiro atoms. The van der Waals surface area contributed by atoms with Gasteiger partial charge in [0.1, 0.15) is 0 Å². The molecule has 0 saturated heterocycles. The summed E-state index contributed by atoms with van der Waals surface area (Å²) < 4.78 is 3.49. The summed E-state index contributed by atoms with van der Waals surface area (Å²) in [5, 5.41) is 20.9. The smallest absolute Gasteiger partial charge is 0.313 e. The highest BCUT2D eigenvalue weighted by molar-refractivity contribution is 7.99. The van der Waals surface area contributed by atoms with Gasteiger partial charge in [0.25, 0.3) is 0 Å². The fraction of sp³-hybridized carbons (Fsp3) is 0.400. The molecule has 9 heteroatoms. The van der Waals surface area contributed by atoms with Gasteiger partial charge in [-0.25, -0.2) is 0 Å². The topological polar surface area (TPSA) is 112 Å². The second-order valence-corrected chi connectivity index (χ2v) is 4.81. The third kappa shape index (κ3) is 3.25. The number of aliphatic carboxylic acids is 1. The second-order valence-electron chi connectivity index (χ2n) is 3.87. The summed E-state index contributed by atoms with van der Waals surface area (Å²) in [6.07, 6.45) is 2.45. The Morgan fingerprint density at radius 2 is 2.32 bits per heavy atom. The molecule has 19 heavy (non-hydrogen) atoms. The molecule has 0 fully saturated rings. The molecule has 0 saturated carbocycles.